The third-order valence-electron chi connectivity index (χ3n) is 3.82. The van der Waals surface area contributed by atoms with Gasteiger partial charge in [0, 0.05) is 18.7 Å². The average molecular weight is 370 g/mol. The molecule has 0 aliphatic rings. The van der Waals surface area contributed by atoms with Crippen LogP contribution in [0.4, 0.5) is 5.69 Å². The molecule has 2 aromatic carbocycles. The highest BCUT2D eigenvalue weighted by molar-refractivity contribution is 7.71. The lowest BCUT2D eigenvalue weighted by atomic mass is 10.2. The molecule has 0 saturated heterocycles. The summed E-state index contributed by atoms with van der Waals surface area (Å²) >= 11 is 5.22. The summed E-state index contributed by atoms with van der Waals surface area (Å²) in [6, 6.07) is 14.1. The first-order valence-corrected chi connectivity index (χ1v) is 8.64. The number of nitrogens with one attached hydrogen (secondary N) is 1. The predicted molar refractivity (Wildman–Crippen MR) is 101 cm³/mol. The zero-order chi connectivity index (χ0) is 18.5. The van der Waals surface area contributed by atoms with Gasteiger partial charge in [0.2, 0.25) is 5.91 Å². The highest BCUT2D eigenvalue weighted by Crippen LogP contribution is 2.17. The van der Waals surface area contributed by atoms with Gasteiger partial charge >= 0.3 is 5.97 Å². The minimum atomic E-state index is -0.383. The number of fused-ring (bicyclic) bond motifs is 1. The molecule has 7 heteroatoms. The van der Waals surface area contributed by atoms with Gasteiger partial charge in [-0.05, 0) is 55.5 Å². The normalized spacial score (nSPS) is 10.7. The van der Waals surface area contributed by atoms with Gasteiger partial charge in [0.25, 0.3) is 4.84 Å². The van der Waals surface area contributed by atoms with Crippen molar-refractivity contribution in [2.24, 2.45) is 0 Å². The summed E-state index contributed by atoms with van der Waals surface area (Å²) in [4.78, 5) is 24.2. The first-order chi connectivity index (χ1) is 12.6. The van der Waals surface area contributed by atoms with Gasteiger partial charge in [0.1, 0.15) is 0 Å². The van der Waals surface area contributed by atoms with Crippen LogP contribution in [0.25, 0.3) is 11.1 Å². The molecule has 0 atom stereocenters. The second-order valence-electron chi connectivity index (χ2n) is 5.58. The maximum absolute atomic E-state index is 12.2. The van der Waals surface area contributed by atoms with Gasteiger partial charge in [0.05, 0.1) is 17.7 Å². The fraction of sp³-hybridized carbons (Fsp3) is 0.211. The molecule has 0 aliphatic heterocycles. The van der Waals surface area contributed by atoms with Crippen molar-refractivity contribution < 1.29 is 18.7 Å². The van der Waals surface area contributed by atoms with Crippen LogP contribution in [0.5, 0.6) is 0 Å². The first kappa shape index (κ1) is 17.9. The number of aromatic nitrogens is 1. The lowest BCUT2D eigenvalue weighted by molar-refractivity contribution is -0.116. The smallest absolute Gasteiger partial charge is 0.338 e. The number of benzene rings is 2. The number of hydrogen-bond acceptors (Lipinski definition) is 5. The summed E-state index contributed by atoms with van der Waals surface area (Å²) < 4.78 is 12.2. The van der Waals surface area contributed by atoms with Crippen LogP contribution >= 0.6 is 12.2 Å². The molecule has 0 bridgehead atoms. The molecule has 1 heterocycles. The van der Waals surface area contributed by atoms with Crippen molar-refractivity contribution in [1.29, 1.82) is 0 Å². The van der Waals surface area contributed by atoms with Gasteiger partial charge in [-0.2, -0.15) is 0 Å². The van der Waals surface area contributed by atoms with Crippen LogP contribution in [0.15, 0.2) is 52.9 Å². The Bertz CT molecular complexity index is 989. The molecule has 3 aromatic rings. The number of esters is 1. The number of carbonyl (C=O) groups is 2. The van der Waals surface area contributed by atoms with E-state index >= 15 is 0 Å². The van der Waals surface area contributed by atoms with Gasteiger partial charge < -0.3 is 14.5 Å². The van der Waals surface area contributed by atoms with Gasteiger partial charge in [-0.25, -0.2) is 4.79 Å². The molecular weight excluding hydrogens is 352 g/mol. The standard InChI is InChI=1S/C19H18N2O4S/c1-2-24-18(23)13-7-9-14(10-8-13)20-17(22)11-12-21-15-5-3-4-6-16(15)25-19(21)26/h3-10H,2,11-12H2,1H3,(H,20,22). The Morgan fingerprint density at radius 1 is 1.15 bits per heavy atom. The fourth-order valence-corrected chi connectivity index (χ4v) is 2.85. The summed E-state index contributed by atoms with van der Waals surface area (Å²) in [5, 5.41) is 2.80. The summed E-state index contributed by atoms with van der Waals surface area (Å²) in [5.41, 5.74) is 2.63. The molecule has 0 aliphatic carbocycles. The van der Waals surface area contributed by atoms with Gasteiger partial charge in [-0.15, -0.1) is 0 Å². The quantitative estimate of drug-likeness (QED) is 0.521. The topological polar surface area (TPSA) is 73.5 Å². The molecule has 1 N–H and O–H groups in total. The molecule has 1 amide bonds. The number of hydrogen-bond donors (Lipinski definition) is 1. The second-order valence-corrected chi connectivity index (χ2v) is 5.93. The molecule has 0 radical (unpaired) electrons. The van der Waals surface area contributed by atoms with Crippen LogP contribution in [-0.2, 0) is 16.1 Å². The zero-order valence-corrected chi connectivity index (χ0v) is 15.0. The zero-order valence-electron chi connectivity index (χ0n) is 14.2. The predicted octanol–water partition coefficient (Wildman–Crippen LogP) is 4.17. The molecule has 6 nitrogen and oxygen atoms in total. The van der Waals surface area contributed by atoms with E-state index in [0.717, 1.165) is 5.52 Å². The van der Waals surface area contributed by atoms with Crippen LogP contribution in [0.3, 0.4) is 0 Å². The fourth-order valence-electron chi connectivity index (χ4n) is 2.57. The molecule has 134 valence electrons. The number of nitrogens with zero attached hydrogens (tertiary/aromatic N) is 1. The third-order valence-corrected chi connectivity index (χ3v) is 4.12. The number of amides is 1. The maximum Gasteiger partial charge on any atom is 0.338 e. The van der Waals surface area contributed by atoms with E-state index in [0.29, 0.717) is 34.8 Å². The third kappa shape index (κ3) is 4.00. The van der Waals surface area contributed by atoms with E-state index in [4.69, 9.17) is 21.4 Å². The Hall–Kier alpha value is -2.93. The highest BCUT2D eigenvalue weighted by Gasteiger charge is 2.10. The van der Waals surface area contributed by atoms with Crippen LogP contribution in [0.1, 0.15) is 23.7 Å². The second kappa shape index (κ2) is 7.97. The largest absolute Gasteiger partial charge is 0.462 e. The minimum Gasteiger partial charge on any atom is -0.462 e. The first-order valence-electron chi connectivity index (χ1n) is 8.24. The highest BCUT2D eigenvalue weighted by atomic mass is 32.1. The van der Waals surface area contributed by atoms with Crippen molar-refractivity contribution >= 4 is 40.9 Å². The number of aryl methyl sites for hydroxylation is 1. The lowest BCUT2D eigenvalue weighted by Crippen LogP contribution is -2.14. The van der Waals surface area contributed by atoms with E-state index in [1.165, 1.54) is 0 Å². The molecule has 26 heavy (non-hydrogen) atoms. The summed E-state index contributed by atoms with van der Waals surface area (Å²) in [5.74, 6) is -0.535. The number of para-hydroxylation sites is 2. The van der Waals surface area contributed by atoms with Gasteiger partial charge in [-0.3, -0.25) is 9.36 Å². The summed E-state index contributed by atoms with van der Waals surface area (Å²) in [6.07, 6.45) is 0.247. The molecule has 0 unspecified atom stereocenters. The lowest BCUT2D eigenvalue weighted by Gasteiger charge is -2.07. The van der Waals surface area contributed by atoms with Crippen molar-refractivity contribution in [2.75, 3.05) is 11.9 Å². The number of oxazole rings is 1. The Morgan fingerprint density at radius 2 is 1.88 bits per heavy atom. The Balaban J connectivity index is 1.61. The van der Waals surface area contributed by atoms with Crippen LogP contribution in [0.2, 0.25) is 0 Å². The van der Waals surface area contributed by atoms with Gasteiger partial charge in [-0.1, -0.05) is 12.1 Å². The van der Waals surface area contributed by atoms with E-state index < -0.39 is 0 Å². The summed E-state index contributed by atoms with van der Waals surface area (Å²) in [6.45, 7) is 2.49. The van der Waals surface area contributed by atoms with Crippen LogP contribution < -0.4 is 5.32 Å². The molecule has 3 rings (SSSR count). The Morgan fingerprint density at radius 3 is 2.62 bits per heavy atom. The SMILES string of the molecule is CCOC(=O)c1ccc(NC(=O)CCn2c(=S)oc3ccccc32)cc1. The molecule has 0 saturated carbocycles. The van der Waals surface area contributed by atoms with Crippen LogP contribution in [-0.4, -0.2) is 23.1 Å². The molecule has 0 fully saturated rings. The minimum absolute atomic E-state index is 0.152. The number of carbonyl (C=O) groups excluding carboxylic acids is 2. The van der Waals surface area contributed by atoms with Crippen molar-refractivity contribution in [2.45, 2.75) is 19.9 Å². The van der Waals surface area contributed by atoms with Crippen molar-refractivity contribution in [3.63, 3.8) is 0 Å². The van der Waals surface area contributed by atoms with E-state index in [1.807, 2.05) is 24.3 Å². The molecule has 0 spiro atoms. The number of anilines is 1. The Kier molecular flexibility index (Phi) is 5.48. The van der Waals surface area contributed by atoms with Gasteiger partial charge in [0.15, 0.2) is 5.58 Å². The average Bonchev–Trinajstić information content (AvgIpc) is 2.96. The van der Waals surface area contributed by atoms with Crippen molar-refractivity contribution in [3.8, 4) is 0 Å². The molecular formula is C19H18N2O4S. The van der Waals surface area contributed by atoms with Crippen molar-refractivity contribution in [3.05, 3.63) is 58.9 Å². The Labute approximate surface area is 155 Å². The van der Waals surface area contributed by atoms with Crippen molar-refractivity contribution in [1.82, 2.24) is 4.57 Å². The number of ether oxygens (including phenoxy) is 1. The van der Waals surface area contributed by atoms with E-state index in [1.54, 1.807) is 35.8 Å². The van der Waals surface area contributed by atoms with E-state index in [2.05, 4.69) is 5.32 Å². The summed E-state index contributed by atoms with van der Waals surface area (Å²) in [7, 11) is 0. The van der Waals surface area contributed by atoms with E-state index in [9.17, 15) is 9.59 Å². The molecule has 1 aromatic heterocycles. The monoisotopic (exact) mass is 370 g/mol. The number of rotatable bonds is 6. The maximum atomic E-state index is 12.2. The van der Waals surface area contributed by atoms with Crippen LogP contribution in [0, 0.1) is 4.84 Å². The van der Waals surface area contributed by atoms with E-state index in [-0.39, 0.29) is 18.3 Å².